The van der Waals surface area contributed by atoms with Gasteiger partial charge in [-0.1, -0.05) is 0 Å². The second-order valence-electron chi connectivity index (χ2n) is 4.57. The molecule has 1 saturated heterocycles. The molecule has 6 nitrogen and oxygen atoms in total. The lowest BCUT2D eigenvalue weighted by Crippen LogP contribution is -2.52. The molecule has 2 N–H and O–H groups in total. The van der Waals surface area contributed by atoms with E-state index in [0.29, 0.717) is 13.2 Å². The van der Waals surface area contributed by atoms with E-state index in [1.165, 1.54) is 7.11 Å². The molecule has 17 heavy (non-hydrogen) atoms. The van der Waals surface area contributed by atoms with Gasteiger partial charge in [-0.05, 0) is 13.8 Å². The van der Waals surface area contributed by atoms with Gasteiger partial charge in [0.2, 0.25) is 5.91 Å². The van der Waals surface area contributed by atoms with E-state index >= 15 is 0 Å². The topological polar surface area (TPSA) is 76.7 Å². The first kappa shape index (κ1) is 13.9. The van der Waals surface area contributed by atoms with Gasteiger partial charge in [-0.25, -0.2) is 4.79 Å². The molecule has 1 fully saturated rings. The highest BCUT2D eigenvalue weighted by molar-refractivity contribution is 5.87. The van der Waals surface area contributed by atoms with E-state index in [1.54, 1.807) is 13.8 Å². The average Bonchev–Trinajstić information content (AvgIpc) is 2.28. The first-order valence-electron chi connectivity index (χ1n) is 5.67. The third-order valence-electron chi connectivity index (χ3n) is 2.57. The number of morpholine rings is 1. The minimum absolute atomic E-state index is 0.128. The van der Waals surface area contributed by atoms with Gasteiger partial charge in [0.25, 0.3) is 0 Å². The van der Waals surface area contributed by atoms with Gasteiger partial charge in [-0.2, -0.15) is 0 Å². The van der Waals surface area contributed by atoms with E-state index < -0.39 is 11.5 Å². The largest absolute Gasteiger partial charge is 0.467 e. The maximum Gasteiger partial charge on any atom is 0.330 e. The molecule has 6 heteroatoms. The van der Waals surface area contributed by atoms with Crippen molar-refractivity contribution in [2.45, 2.75) is 31.9 Å². The van der Waals surface area contributed by atoms with Gasteiger partial charge in [-0.15, -0.1) is 0 Å². The van der Waals surface area contributed by atoms with Gasteiger partial charge in [0.05, 0.1) is 26.2 Å². The van der Waals surface area contributed by atoms with Crippen LogP contribution in [0.1, 0.15) is 20.3 Å². The zero-order valence-electron chi connectivity index (χ0n) is 10.5. The van der Waals surface area contributed by atoms with Crippen molar-refractivity contribution in [2.75, 3.05) is 26.8 Å². The van der Waals surface area contributed by atoms with Gasteiger partial charge < -0.3 is 20.1 Å². The molecule has 1 heterocycles. The van der Waals surface area contributed by atoms with Gasteiger partial charge in [0, 0.05) is 13.1 Å². The fraction of sp³-hybridized carbons (Fsp3) is 0.818. The minimum atomic E-state index is -1.01. The molecule has 0 aromatic carbocycles. The summed E-state index contributed by atoms with van der Waals surface area (Å²) in [6.45, 7) is 5.30. The van der Waals surface area contributed by atoms with Gasteiger partial charge >= 0.3 is 5.97 Å². The van der Waals surface area contributed by atoms with Crippen molar-refractivity contribution in [3.63, 3.8) is 0 Å². The van der Waals surface area contributed by atoms with Crippen molar-refractivity contribution in [3.05, 3.63) is 0 Å². The molecule has 0 aromatic rings. The second kappa shape index (κ2) is 5.97. The predicted molar refractivity (Wildman–Crippen MR) is 61.5 cm³/mol. The first-order valence-corrected chi connectivity index (χ1v) is 5.67. The van der Waals surface area contributed by atoms with Crippen LogP contribution in [0.15, 0.2) is 0 Å². The molecule has 1 aliphatic rings. The summed E-state index contributed by atoms with van der Waals surface area (Å²) in [5.74, 6) is -0.678. The standard InChI is InChI=1S/C11H20N2O4/c1-11(2,10(15)16-3)13-9(14)6-8-7-12-4-5-17-8/h8,12H,4-7H2,1-3H3,(H,13,14). The zero-order chi connectivity index (χ0) is 12.9. The Hall–Kier alpha value is -1.14. The molecule has 1 amide bonds. The van der Waals surface area contributed by atoms with Crippen LogP contribution in [-0.4, -0.2) is 50.3 Å². The Balaban J connectivity index is 2.40. The number of ether oxygens (including phenoxy) is 2. The number of rotatable bonds is 4. The summed E-state index contributed by atoms with van der Waals surface area (Å²) in [7, 11) is 1.30. The maximum absolute atomic E-state index is 11.7. The quantitative estimate of drug-likeness (QED) is 0.648. The van der Waals surface area contributed by atoms with Crippen molar-refractivity contribution >= 4 is 11.9 Å². The highest BCUT2D eigenvalue weighted by Gasteiger charge is 2.31. The molecule has 0 spiro atoms. The van der Waals surface area contributed by atoms with Crippen LogP contribution in [0, 0.1) is 0 Å². The fourth-order valence-electron chi connectivity index (χ4n) is 1.66. The average molecular weight is 244 g/mol. The molecular formula is C11H20N2O4. The second-order valence-corrected chi connectivity index (χ2v) is 4.57. The van der Waals surface area contributed by atoms with Crippen LogP contribution in [0.3, 0.4) is 0 Å². The Bertz CT molecular complexity index is 285. The molecule has 1 atom stereocenters. The van der Waals surface area contributed by atoms with E-state index in [9.17, 15) is 9.59 Å². The minimum Gasteiger partial charge on any atom is -0.467 e. The Kier molecular flexibility index (Phi) is 4.89. The number of nitrogens with one attached hydrogen (secondary N) is 2. The summed E-state index contributed by atoms with van der Waals surface area (Å²) < 4.78 is 10.0. The number of hydrogen-bond acceptors (Lipinski definition) is 5. The Labute approximate surface area is 101 Å². The third kappa shape index (κ3) is 4.32. The zero-order valence-corrected chi connectivity index (χ0v) is 10.5. The number of carbonyl (C=O) groups is 2. The number of amides is 1. The first-order chi connectivity index (χ1) is 7.95. The SMILES string of the molecule is COC(=O)C(C)(C)NC(=O)CC1CNCCO1. The molecule has 0 aromatic heterocycles. The van der Waals surface area contributed by atoms with Crippen LogP contribution in [0.4, 0.5) is 0 Å². The van der Waals surface area contributed by atoms with E-state index in [1.807, 2.05) is 0 Å². The van der Waals surface area contributed by atoms with Crippen molar-refractivity contribution in [2.24, 2.45) is 0 Å². The summed E-state index contributed by atoms with van der Waals surface area (Å²) in [4.78, 5) is 23.1. The van der Waals surface area contributed by atoms with Crippen LogP contribution in [0.2, 0.25) is 0 Å². The monoisotopic (exact) mass is 244 g/mol. The van der Waals surface area contributed by atoms with Crippen molar-refractivity contribution < 1.29 is 19.1 Å². The number of methoxy groups -OCH3 is 1. The molecule has 0 radical (unpaired) electrons. The number of carbonyl (C=O) groups excluding carboxylic acids is 2. The van der Waals surface area contributed by atoms with Gasteiger partial charge in [0.15, 0.2) is 0 Å². The Morgan fingerprint density at radius 1 is 1.53 bits per heavy atom. The normalized spacial score (nSPS) is 20.8. The highest BCUT2D eigenvalue weighted by atomic mass is 16.5. The summed E-state index contributed by atoms with van der Waals surface area (Å²) in [5.41, 5.74) is -1.01. The summed E-state index contributed by atoms with van der Waals surface area (Å²) >= 11 is 0. The lowest BCUT2D eigenvalue weighted by molar-refractivity contribution is -0.149. The summed E-state index contributed by atoms with van der Waals surface area (Å²) in [5, 5.41) is 5.77. The summed E-state index contributed by atoms with van der Waals surface area (Å²) in [6.07, 6.45) is 0.116. The van der Waals surface area contributed by atoms with E-state index in [2.05, 4.69) is 15.4 Å². The van der Waals surface area contributed by atoms with Gasteiger partial charge in [-0.3, -0.25) is 4.79 Å². The van der Waals surface area contributed by atoms with Crippen molar-refractivity contribution in [1.82, 2.24) is 10.6 Å². The highest BCUT2D eigenvalue weighted by Crippen LogP contribution is 2.07. The number of hydrogen-bond donors (Lipinski definition) is 2. The lowest BCUT2D eigenvalue weighted by atomic mass is 10.1. The maximum atomic E-state index is 11.7. The number of esters is 1. The summed E-state index contributed by atoms with van der Waals surface area (Å²) in [6, 6.07) is 0. The third-order valence-corrected chi connectivity index (χ3v) is 2.57. The van der Waals surface area contributed by atoms with Crippen LogP contribution in [-0.2, 0) is 19.1 Å². The van der Waals surface area contributed by atoms with E-state index in [4.69, 9.17) is 4.74 Å². The van der Waals surface area contributed by atoms with Crippen LogP contribution in [0.25, 0.3) is 0 Å². The van der Waals surface area contributed by atoms with Crippen molar-refractivity contribution in [3.8, 4) is 0 Å². The molecular weight excluding hydrogens is 224 g/mol. The van der Waals surface area contributed by atoms with E-state index in [0.717, 1.165) is 6.54 Å². The Morgan fingerprint density at radius 2 is 2.24 bits per heavy atom. The molecule has 98 valence electrons. The molecule has 1 unspecified atom stereocenters. The van der Waals surface area contributed by atoms with E-state index in [-0.39, 0.29) is 18.4 Å². The van der Waals surface area contributed by atoms with Gasteiger partial charge in [0.1, 0.15) is 5.54 Å². The molecule has 0 saturated carbocycles. The fourth-order valence-corrected chi connectivity index (χ4v) is 1.66. The van der Waals surface area contributed by atoms with Crippen LogP contribution < -0.4 is 10.6 Å². The molecule has 0 aliphatic carbocycles. The molecule has 1 aliphatic heterocycles. The predicted octanol–water partition coefficient (Wildman–Crippen LogP) is -0.567. The molecule has 0 bridgehead atoms. The van der Waals surface area contributed by atoms with Crippen LogP contribution >= 0.6 is 0 Å². The lowest BCUT2D eigenvalue weighted by Gasteiger charge is -2.26. The Morgan fingerprint density at radius 3 is 2.76 bits per heavy atom. The van der Waals surface area contributed by atoms with Crippen molar-refractivity contribution in [1.29, 1.82) is 0 Å². The van der Waals surface area contributed by atoms with Crippen LogP contribution in [0.5, 0.6) is 0 Å². The molecule has 1 rings (SSSR count). The smallest absolute Gasteiger partial charge is 0.330 e.